The molecule has 0 fully saturated rings. The highest BCUT2D eigenvalue weighted by Gasteiger charge is 2.13. The van der Waals surface area contributed by atoms with Gasteiger partial charge in [-0.05, 0) is 18.2 Å². The first-order chi connectivity index (χ1) is 7.83. The molecule has 0 amide bonds. The van der Waals surface area contributed by atoms with Crippen LogP contribution in [-0.2, 0) is 0 Å². The van der Waals surface area contributed by atoms with Gasteiger partial charge in [0.1, 0.15) is 5.82 Å². The van der Waals surface area contributed by atoms with E-state index in [1.54, 1.807) is 0 Å². The summed E-state index contributed by atoms with van der Waals surface area (Å²) in [5.74, 6) is 0.917. The molecule has 1 aliphatic carbocycles. The second-order valence-corrected chi connectivity index (χ2v) is 3.84. The van der Waals surface area contributed by atoms with Gasteiger partial charge in [-0.15, -0.1) is 0 Å². The highest BCUT2D eigenvalue weighted by molar-refractivity contribution is 5.77. The third kappa shape index (κ3) is 1.46. The van der Waals surface area contributed by atoms with Gasteiger partial charge in [-0.3, -0.25) is 0 Å². The number of nitrogens with zero attached hydrogens (tertiary/aromatic N) is 2. The number of aromatic nitrogens is 2. The number of fused-ring (bicyclic) bond motifs is 1. The van der Waals surface area contributed by atoms with E-state index in [2.05, 4.69) is 9.97 Å². The third-order valence-corrected chi connectivity index (χ3v) is 2.67. The Balaban J connectivity index is 2.09. The Labute approximate surface area is 93.3 Å². The molecule has 0 radical (unpaired) electrons. The molecule has 1 aromatic heterocycles. The maximum absolute atomic E-state index is 5.69. The molecule has 16 heavy (non-hydrogen) atoms. The number of allylic oxidation sites excluding steroid dienone is 3. The summed E-state index contributed by atoms with van der Waals surface area (Å²) in [6.45, 7) is 0. The summed E-state index contributed by atoms with van der Waals surface area (Å²) in [4.78, 5) is 8.89. The van der Waals surface area contributed by atoms with Crippen molar-refractivity contribution in [3.63, 3.8) is 0 Å². The molecular formula is C13H11N3. The number of rotatable bonds is 1. The van der Waals surface area contributed by atoms with E-state index < -0.39 is 0 Å². The van der Waals surface area contributed by atoms with Gasteiger partial charge in [0.2, 0.25) is 0 Å². The monoisotopic (exact) mass is 209 g/mol. The van der Waals surface area contributed by atoms with Crippen molar-refractivity contribution in [2.45, 2.75) is 5.92 Å². The van der Waals surface area contributed by atoms with Crippen LogP contribution >= 0.6 is 0 Å². The fourth-order valence-corrected chi connectivity index (χ4v) is 1.84. The molecule has 0 aliphatic heterocycles. The molecule has 3 rings (SSSR count). The molecule has 1 aromatic carbocycles. The van der Waals surface area contributed by atoms with Crippen LogP contribution in [0.5, 0.6) is 0 Å². The first-order valence-electron chi connectivity index (χ1n) is 5.20. The zero-order chi connectivity index (χ0) is 11.0. The fraction of sp³-hybridized carbons (Fsp3) is 0.0769. The number of benzene rings is 1. The van der Waals surface area contributed by atoms with Gasteiger partial charge in [0.25, 0.3) is 0 Å². The summed E-state index contributed by atoms with van der Waals surface area (Å²) in [5, 5.41) is 1.06. The topological polar surface area (TPSA) is 51.8 Å². The second kappa shape index (κ2) is 3.45. The van der Waals surface area contributed by atoms with Gasteiger partial charge in [0.05, 0.1) is 11.4 Å². The lowest BCUT2D eigenvalue weighted by molar-refractivity contribution is 0.932. The Kier molecular flexibility index (Phi) is 1.96. The van der Waals surface area contributed by atoms with Crippen LogP contribution in [0, 0.1) is 0 Å². The van der Waals surface area contributed by atoms with E-state index >= 15 is 0 Å². The molecule has 1 aliphatic rings. The van der Waals surface area contributed by atoms with E-state index in [1.807, 2.05) is 48.7 Å². The maximum atomic E-state index is 5.69. The summed E-state index contributed by atoms with van der Waals surface area (Å²) in [6, 6.07) is 7.96. The average Bonchev–Trinajstić information content (AvgIpc) is 2.75. The van der Waals surface area contributed by atoms with Gasteiger partial charge >= 0.3 is 0 Å². The minimum absolute atomic E-state index is 0.115. The summed E-state index contributed by atoms with van der Waals surface area (Å²) < 4.78 is 0. The Hall–Kier alpha value is -2.16. The smallest absolute Gasteiger partial charge is 0.139 e. The Morgan fingerprint density at radius 3 is 2.88 bits per heavy atom. The fourth-order valence-electron chi connectivity index (χ4n) is 1.84. The molecule has 2 aromatic rings. The van der Waals surface area contributed by atoms with Crippen LogP contribution in [0.2, 0.25) is 0 Å². The highest BCUT2D eigenvalue weighted by Crippen LogP contribution is 2.22. The first kappa shape index (κ1) is 9.09. The van der Waals surface area contributed by atoms with E-state index in [1.165, 1.54) is 0 Å². The van der Waals surface area contributed by atoms with Gasteiger partial charge in [-0.2, -0.15) is 0 Å². The summed E-state index contributed by atoms with van der Waals surface area (Å²) in [6.07, 6.45) is 7.72. The summed E-state index contributed by atoms with van der Waals surface area (Å²) >= 11 is 0. The minimum atomic E-state index is 0.115. The van der Waals surface area contributed by atoms with Crippen LogP contribution in [-0.4, -0.2) is 9.97 Å². The van der Waals surface area contributed by atoms with Gasteiger partial charge in [0, 0.05) is 17.3 Å². The van der Waals surface area contributed by atoms with Crippen molar-refractivity contribution in [3.8, 4) is 0 Å². The lowest BCUT2D eigenvalue weighted by atomic mass is 10.1. The Morgan fingerprint density at radius 2 is 2.06 bits per heavy atom. The first-order valence-corrected chi connectivity index (χ1v) is 5.20. The quantitative estimate of drug-likeness (QED) is 0.782. The van der Waals surface area contributed by atoms with E-state index in [4.69, 9.17) is 5.73 Å². The van der Waals surface area contributed by atoms with Crippen molar-refractivity contribution in [1.29, 1.82) is 0 Å². The zero-order valence-electron chi connectivity index (χ0n) is 8.67. The van der Waals surface area contributed by atoms with Crippen molar-refractivity contribution in [2.24, 2.45) is 5.73 Å². The van der Waals surface area contributed by atoms with Crippen LogP contribution in [0.4, 0.5) is 0 Å². The molecule has 1 unspecified atom stereocenters. The Bertz CT molecular complexity index is 599. The van der Waals surface area contributed by atoms with Crippen molar-refractivity contribution >= 4 is 10.9 Å². The molecule has 3 heteroatoms. The minimum Gasteiger partial charge on any atom is -0.399 e. The van der Waals surface area contributed by atoms with Crippen molar-refractivity contribution in [1.82, 2.24) is 9.97 Å². The predicted molar refractivity (Wildman–Crippen MR) is 63.7 cm³/mol. The van der Waals surface area contributed by atoms with Crippen LogP contribution in [0.25, 0.3) is 10.9 Å². The van der Waals surface area contributed by atoms with Gasteiger partial charge in [-0.25, -0.2) is 9.97 Å². The van der Waals surface area contributed by atoms with E-state index in [0.29, 0.717) is 0 Å². The average molecular weight is 209 g/mol. The number of hydrogen-bond donors (Lipinski definition) is 1. The van der Waals surface area contributed by atoms with E-state index in [-0.39, 0.29) is 5.92 Å². The van der Waals surface area contributed by atoms with Crippen LogP contribution in [0.3, 0.4) is 0 Å². The molecule has 0 saturated carbocycles. The largest absolute Gasteiger partial charge is 0.399 e. The highest BCUT2D eigenvalue weighted by atomic mass is 14.9. The van der Waals surface area contributed by atoms with E-state index in [0.717, 1.165) is 22.4 Å². The van der Waals surface area contributed by atoms with E-state index in [9.17, 15) is 0 Å². The second-order valence-electron chi connectivity index (χ2n) is 3.84. The molecule has 0 spiro atoms. The lowest BCUT2D eigenvalue weighted by Crippen LogP contribution is -1.99. The van der Waals surface area contributed by atoms with Gasteiger partial charge in [-0.1, -0.05) is 24.3 Å². The van der Waals surface area contributed by atoms with Crippen LogP contribution in [0.15, 0.2) is 54.4 Å². The molecular weight excluding hydrogens is 198 g/mol. The SMILES string of the molecule is NC1=CC(c2ncc3ccccc3n2)C=C1. The van der Waals surface area contributed by atoms with Crippen molar-refractivity contribution in [3.05, 3.63) is 60.2 Å². The molecule has 0 saturated heterocycles. The van der Waals surface area contributed by atoms with Gasteiger partial charge < -0.3 is 5.73 Å². The van der Waals surface area contributed by atoms with Gasteiger partial charge in [0.15, 0.2) is 0 Å². The number of hydrogen-bond acceptors (Lipinski definition) is 3. The maximum Gasteiger partial charge on any atom is 0.139 e. The predicted octanol–water partition coefficient (Wildman–Crippen LogP) is 2.13. The number of nitrogens with two attached hydrogens (primary N) is 1. The normalized spacial score (nSPS) is 19.0. The number of para-hydroxylation sites is 1. The molecule has 0 bridgehead atoms. The van der Waals surface area contributed by atoms with Crippen LogP contribution < -0.4 is 5.73 Å². The molecule has 1 atom stereocenters. The standard InChI is InChI=1S/C13H11N3/c14-11-6-5-9(7-11)13-15-8-10-3-1-2-4-12(10)16-13/h1-9H,14H2. The molecule has 1 heterocycles. The molecule has 78 valence electrons. The lowest BCUT2D eigenvalue weighted by Gasteiger charge is -2.04. The van der Waals surface area contributed by atoms with Crippen LogP contribution in [0.1, 0.15) is 11.7 Å². The summed E-state index contributed by atoms with van der Waals surface area (Å²) in [7, 11) is 0. The molecule has 3 nitrogen and oxygen atoms in total. The molecule has 2 N–H and O–H groups in total. The third-order valence-electron chi connectivity index (χ3n) is 2.67. The summed E-state index contributed by atoms with van der Waals surface area (Å²) in [5.41, 5.74) is 7.45. The zero-order valence-corrected chi connectivity index (χ0v) is 8.67. The van der Waals surface area contributed by atoms with Crippen molar-refractivity contribution < 1.29 is 0 Å². The Morgan fingerprint density at radius 1 is 1.19 bits per heavy atom. The van der Waals surface area contributed by atoms with Crippen molar-refractivity contribution in [2.75, 3.05) is 0 Å².